The molecule has 1 aliphatic heterocycles. The van der Waals surface area contributed by atoms with E-state index in [1.165, 1.54) is 13.2 Å². The molecule has 0 unspecified atom stereocenters. The van der Waals surface area contributed by atoms with E-state index in [4.69, 9.17) is 4.74 Å². The number of nitrogens with zero attached hydrogens (tertiary/aromatic N) is 2. The number of carbonyl (C=O) groups excluding carboxylic acids is 1. The molecule has 9 heteroatoms. The summed E-state index contributed by atoms with van der Waals surface area (Å²) in [5.41, 5.74) is 0.719. The summed E-state index contributed by atoms with van der Waals surface area (Å²) in [6.45, 7) is 2.28. The van der Waals surface area contributed by atoms with Crippen molar-refractivity contribution in [1.29, 1.82) is 0 Å². The quantitative estimate of drug-likeness (QED) is 0.360. The van der Waals surface area contributed by atoms with Gasteiger partial charge in [0.25, 0.3) is 0 Å². The Labute approximate surface area is 164 Å². The highest BCUT2D eigenvalue weighted by Crippen LogP contribution is 2.29. The van der Waals surface area contributed by atoms with Gasteiger partial charge >= 0.3 is 6.61 Å². The van der Waals surface area contributed by atoms with Crippen LogP contribution < -0.4 is 20.1 Å². The van der Waals surface area contributed by atoms with Crippen LogP contribution in [0.15, 0.2) is 23.2 Å². The highest BCUT2D eigenvalue weighted by Gasteiger charge is 2.19. The normalized spacial score (nSPS) is 14.5. The molecule has 0 aromatic heterocycles. The van der Waals surface area contributed by atoms with Crippen molar-refractivity contribution in [1.82, 2.24) is 15.5 Å². The van der Waals surface area contributed by atoms with Gasteiger partial charge in [-0.2, -0.15) is 8.78 Å². The van der Waals surface area contributed by atoms with E-state index in [-0.39, 0.29) is 17.4 Å². The van der Waals surface area contributed by atoms with Crippen LogP contribution in [0.25, 0.3) is 0 Å². The number of nitrogens with one attached hydrogen (secondary N) is 2. The number of hydrogen-bond acceptors (Lipinski definition) is 4. The lowest BCUT2D eigenvalue weighted by Crippen LogP contribution is -2.39. The molecule has 1 saturated heterocycles. The van der Waals surface area contributed by atoms with Crippen LogP contribution in [-0.2, 0) is 11.3 Å². The minimum absolute atomic E-state index is 0.0153. The van der Waals surface area contributed by atoms with E-state index in [9.17, 15) is 13.6 Å². The molecule has 28 heavy (non-hydrogen) atoms. The van der Waals surface area contributed by atoms with E-state index in [0.29, 0.717) is 32.0 Å². The van der Waals surface area contributed by atoms with Crippen LogP contribution in [0, 0.1) is 0 Å². The minimum Gasteiger partial charge on any atom is -0.493 e. The average molecular weight is 398 g/mol. The lowest BCUT2D eigenvalue weighted by Gasteiger charge is -2.16. The second-order valence-corrected chi connectivity index (χ2v) is 6.32. The van der Waals surface area contributed by atoms with Gasteiger partial charge in [0.15, 0.2) is 17.5 Å². The van der Waals surface area contributed by atoms with Crippen molar-refractivity contribution >= 4 is 11.9 Å². The number of likely N-dealkylation sites (tertiary alicyclic amines) is 1. The predicted molar refractivity (Wildman–Crippen MR) is 103 cm³/mol. The molecule has 0 bridgehead atoms. The number of methoxy groups -OCH3 is 1. The van der Waals surface area contributed by atoms with Crippen molar-refractivity contribution in [3.8, 4) is 11.5 Å². The molecule has 0 aliphatic carbocycles. The number of aliphatic imine (C=N–C) groups is 1. The standard InChI is InChI=1S/C19H28F2N4O3/c1-3-22-19(23-9-5-11-25-10-4-6-17(25)26)24-13-14-7-8-15(27-2)16(12-14)28-18(20)21/h7-8,12,18H,3-6,9-11,13H2,1-2H3,(H2,22,23,24). The Kier molecular flexibility index (Phi) is 8.77. The Balaban J connectivity index is 1.89. The van der Waals surface area contributed by atoms with E-state index in [1.54, 1.807) is 12.1 Å². The van der Waals surface area contributed by atoms with Crippen LogP contribution in [0.3, 0.4) is 0 Å². The van der Waals surface area contributed by atoms with Gasteiger partial charge in [-0.05, 0) is 37.5 Å². The van der Waals surface area contributed by atoms with Crippen molar-refractivity contribution in [3.63, 3.8) is 0 Å². The van der Waals surface area contributed by atoms with Crippen LogP contribution in [0.2, 0.25) is 0 Å². The highest BCUT2D eigenvalue weighted by atomic mass is 19.3. The van der Waals surface area contributed by atoms with Crippen LogP contribution in [0.5, 0.6) is 11.5 Å². The first kappa shape index (κ1) is 21.7. The van der Waals surface area contributed by atoms with Crippen molar-refractivity contribution in [3.05, 3.63) is 23.8 Å². The Hall–Kier alpha value is -2.58. The van der Waals surface area contributed by atoms with Crippen molar-refractivity contribution < 1.29 is 23.0 Å². The largest absolute Gasteiger partial charge is 0.493 e. The highest BCUT2D eigenvalue weighted by molar-refractivity contribution is 5.80. The molecule has 7 nitrogen and oxygen atoms in total. The molecule has 0 saturated carbocycles. The first-order chi connectivity index (χ1) is 13.5. The lowest BCUT2D eigenvalue weighted by molar-refractivity contribution is -0.127. The molecule has 1 amide bonds. The number of hydrogen-bond donors (Lipinski definition) is 2. The van der Waals surface area contributed by atoms with Gasteiger partial charge in [-0.15, -0.1) is 0 Å². The molecule has 1 aromatic carbocycles. The van der Waals surface area contributed by atoms with Crippen molar-refractivity contribution in [2.24, 2.45) is 4.99 Å². The van der Waals surface area contributed by atoms with Crippen LogP contribution in [0.4, 0.5) is 8.78 Å². The third-order valence-electron chi connectivity index (χ3n) is 4.28. The monoisotopic (exact) mass is 398 g/mol. The van der Waals surface area contributed by atoms with E-state index in [2.05, 4.69) is 20.4 Å². The Bertz CT molecular complexity index is 671. The van der Waals surface area contributed by atoms with Gasteiger partial charge in [-0.25, -0.2) is 4.99 Å². The number of benzene rings is 1. The lowest BCUT2D eigenvalue weighted by atomic mass is 10.2. The summed E-state index contributed by atoms with van der Waals surface area (Å²) in [5.74, 6) is 1.08. The maximum Gasteiger partial charge on any atom is 0.387 e. The zero-order valence-electron chi connectivity index (χ0n) is 16.3. The summed E-state index contributed by atoms with van der Waals surface area (Å²) in [5, 5.41) is 6.37. The van der Waals surface area contributed by atoms with Crippen LogP contribution in [0.1, 0.15) is 31.7 Å². The van der Waals surface area contributed by atoms with Crippen LogP contribution in [-0.4, -0.2) is 56.7 Å². The van der Waals surface area contributed by atoms with Gasteiger partial charge in [0.1, 0.15) is 0 Å². The SMILES string of the molecule is CCNC(=NCc1ccc(OC)c(OC(F)F)c1)NCCCN1CCCC1=O. The number of alkyl halides is 2. The average Bonchev–Trinajstić information content (AvgIpc) is 3.07. The van der Waals surface area contributed by atoms with Crippen molar-refractivity contribution in [2.45, 2.75) is 39.3 Å². The molecule has 1 heterocycles. The topological polar surface area (TPSA) is 75.2 Å². The van der Waals surface area contributed by atoms with E-state index in [0.717, 1.165) is 31.5 Å². The molecule has 156 valence electrons. The molecular weight excluding hydrogens is 370 g/mol. The zero-order valence-corrected chi connectivity index (χ0v) is 16.3. The summed E-state index contributed by atoms with van der Waals surface area (Å²) < 4.78 is 34.6. The van der Waals surface area contributed by atoms with Crippen molar-refractivity contribution in [2.75, 3.05) is 33.3 Å². The number of carbonyl (C=O) groups is 1. The summed E-state index contributed by atoms with van der Waals surface area (Å²) in [7, 11) is 1.40. The van der Waals surface area contributed by atoms with E-state index in [1.807, 2.05) is 11.8 Å². The maximum absolute atomic E-state index is 12.5. The van der Waals surface area contributed by atoms with E-state index >= 15 is 0 Å². The molecule has 0 spiro atoms. The Morgan fingerprint density at radius 3 is 2.79 bits per heavy atom. The molecule has 0 radical (unpaired) electrons. The summed E-state index contributed by atoms with van der Waals surface area (Å²) >= 11 is 0. The molecule has 1 fully saturated rings. The maximum atomic E-state index is 12.5. The second kappa shape index (κ2) is 11.3. The molecular formula is C19H28F2N4O3. The number of rotatable bonds is 10. The number of amides is 1. The van der Waals surface area contributed by atoms with Gasteiger partial charge in [-0.1, -0.05) is 6.07 Å². The second-order valence-electron chi connectivity index (χ2n) is 6.32. The Morgan fingerprint density at radius 2 is 2.14 bits per heavy atom. The molecule has 1 aromatic rings. The first-order valence-corrected chi connectivity index (χ1v) is 9.45. The molecule has 2 rings (SSSR count). The van der Waals surface area contributed by atoms with E-state index < -0.39 is 6.61 Å². The number of guanidine groups is 1. The third-order valence-corrected chi connectivity index (χ3v) is 4.28. The Morgan fingerprint density at radius 1 is 1.32 bits per heavy atom. The molecule has 1 aliphatic rings. The van der Waals surface area contributed by atoms with Gasteiger partial charge in [0, 0.05) is 32.6 Å². The number of halogens is 2. The third kappa shape index (κ3) is 6.86. The van der Waals surface area contributed by atoms with Gasteiger partial charge in [-0.3, -0.25) is 4.79 Å². The van der Waals surface area contributed by atoms with Crippen LogP contribution >= 0.6 is 0 Å². The molecule has 0 atom stereocenters. The smallest absolute Gasteiger partial charge is 0.387 e. The fourth-order valence-electron chi connectivity index (χ4n) is 2.94. The summed E-state index contributed by atoms with van der Waals surface area (Å²) in [6.07, 6.45) is 2.41. The fraction of sp³-hybridized carbons (Fsp3) is 0.579. The summed E-state index contributed by atoms with van der Waals surface area (Å²) in [6, 6.07) is 4.83. The van der Waals surface area contributed by atoms with Gasteiger partial charge < -0.3 is 25.0 Å². The summed E-state index contributed by atoms with van der Waals surface area (Å²) in [4.78, 5) is 18.0. The zero-order chi connectivity index (χ0) is 20.4. The van der Waals surface area contributed by atoms with Gasteiger partial charge in [0.05, 0.1) is 13.7 Å². The molecule has 2 N–H and O–H groups in total. The minimum atomic E-state index is -2.92. The number of ether oxygens (including phenoxy) is 2. The fourth-order valence-corrected chi connectivity index (χ4v) is 2.94. The first-order valence-electron chi connectivity index (χ1n) is 9.45. The predicted octanol–water partition coefficient (Wildman–Crippen LogP) is 2.36. The van der Waals surface area contributed by atoms with Gasteiger partial charge in [0.2, 0.25) is 5.91 Å².